The molecule has 0 aliphatic carbocycles. The predicted molar refractivity (Wildman–Crippen MR) is 46.2 cm³/mol. The maximum atomic E-state index is 5.15. The van der Waals surface area contributed by atoms with Crippen LogP contribution in [0.25, 0.3) is 0 Å². The van der Waals surface area contributed by atoms with Gasteiger partial charge in [0.25, 0.3) is 0 Å². The number of allylic oxidation sites excluding steroid dienone is 1. The van der Waals surface area contributed by atoms with E-state index >= 15 is 0 Å². The van der Waals surface area contributed by atoms with Gasteiger partial charge in [-0.2, -0.15) is 0 Å². The quantitative estimate of drug-likeness (QED) is 0.592. The predicted octanol–water partition coefficient (Wildman–Crippen LogP) is 1.37. The largest absolute Gasteiger partial charge is 0.528 e. The number of rotatable bonds is 5. The van der Waals surface area contributed by atoms with Crippen LogP contribution >= 0.6 is 0 Å². The van der Waals surface area contributed by atoms with Crippen LogP contribution < -0.4 is 0 Å². The second-order valence-corrected chi connectivity index (χ2v) is 4.79. The van der Waals surface area contributed by atoms with E-state index in [-0.39, 0.29) is 0 Å². The Bertz CT molecular complexity index is 113. The molecule has 0 aliphatic rings. The van der Waals surface area contributed by atoms with Gasteiger partial charge in [0.1, 0.15) is 0 Å². The van der Waals surface area contributed by atoms with Crippen LogP contribution in [-0.4, -0.2) is 30.1 Å². The van der Waals surface area contributed by atoms with Crippen molar-refractivity contribution in [1.29, 1.82) is 0 Å². The molecule has 0 heterocycles. The summed E-state index contributed by atoms with van der Waals surface area (Å²) in [5.74, 6) is 0. The van der Waals surface area contributed by atoms with Gasteiger partial charge in [0, 0.05) is 21.3 Å². The van der Waals surface area contributed by atoms with E-state index in [1.54, 1.807) is 21.3 Å². The Labute approximate surface area is 69.3 Å². The summed E-state index contributed by atoms with van der Waals surface area (Å²) in [7, 11) is 2.37. The molecular weight excluding hydrogens is 160 g/mol. The van der Waals surface area contributed by atoms with Crippen molar-refractivity contribution in [2.45, 2.75) is 13.3 Å². The van der Waals surface area contributed by atoms with Gasteiger partial charge >= 0.3 is 8.80 Å². The molecule has 11 heavy (non-hydrogen) atoms. The van der Waals surface area contributed by atoms with Gasteiger partial charge in [-0.1, -0.05) is 13.0 Å². The molecule has 0 aromatic rings. The number of hydrogen-bond acceptors (Lipinski definition) is 3. The molecule has 0 radical (unpaired) electrons. The van der Waals surface area contributed by atoms with Gasteiger partial charge in [-0.05, 0) is 12.1 Å². The summed E-state index contributed by atoms with van der Waals surface area (Å²) in [6.45, 7) is 2.05. The first-order valence-corrected chi connectivity index (χ1v) is 5.38. The molecule has 0 rings (SSSR count). The van der Waals surface area contributed by atoms with E-state index in [2.05, 4.69) is 6.92 Å². The van der Waals surface area contributed by atoms with Crippen molar-refractivity contribution in [3.05, 3.63) is 11.8 Å². The molecule has 0 aliphatic heterocycles. The number of hydrogen-bond donors (Lipinski definition) is 0. The van der Waals surface area contributed by atoms with E-state index in [9.17, 15) is 0 Å². The molecular formula is C7H16O3Si. The maximum absolute atomic E-state index is 5.15. The topological polar surface area (TPSA) is 27.7 Å². The molecule has 0 atom stereocenters. The third kappa shape index (κ3) is 3.16. The van der Waals surface area contributed by atoms with Gasteiger partial charge < -0.3 is 13.3 Å². The fourth-order valence-corrected chi connectivity index (χ4v) is 2.15. The van der Waals surface area contributed by atoms with E-state index in [0.29, 0.717) is 0 Å². The lowest BCUT2D eigenvalue weighted by Gasteiger charge is -2.20. The third-order valence-electron chi connectivity index (χ3n) is 1.41. The third-order valence-corrected chi connectivity index (χ3v) is 3.76. The van der Waals surface area contributed by atoms with Gasteiger partial charge in [-0.15, -0.1) is 0 Å². The zero-order valence-corrected chi connectivity index (χ0v) is 8.59. The standard InChI is InChI=1S/C7H16O3Si/c1-5-6-7-11(8-2,9-3)10-4/h6-7H,5H2,1-4H3. The molecule has 0 bridgehead atoms. The fourth-order valence-electron chi connectivity index (χ4n) is 0.716. The molecule has 0 saturated carbocycles. The molecule has 0 amide bonds. The van der Waals surface area contributed by atoms with Crippen LogP contribution in [0.4, 0.5) is 0 Å². The van der Waals surface area contributed by atoms with E-state index in [1.807, 2.05) is 11.8 Å². The summed E-state index contributed by atoms with van der Waals surface area (Å²) in [4.78, 5) is 0. The van der Waals surface area contributed by atoms with Crippen molar-refractivity contribution >= 4 is 8.80 Å². The SMILES string of the molecule is CCC=C[Si](OC)(OC)OC. The zero-order chi connectivity index (χ0) is 8.74. The second-order valence-electron chi connectivity index (χ2n) is 2.03. The molecule has 0 aromatic heterocycles. The Morgan fingerprint density at radius 2 is 1.55 bits per heavy atom. The Morgan fingerprint density at radius 1 is 1.09 bits per heavy atom. The highest BCUT2D eigenvalue weighted by molar-refractivity contribution is 6.66. The first-order valence-electron chi connectivity index (χ1n) is 3.57. The minimum Gasteiger partial charge on any atom is -0.374 e. The highest BCUT2D eigenvalue weighted by atomic mass is 28.4. The summed E-state index contributed by atoms with van der Waals surface area (Å²) in [6.07, 6.45) is 2.95. The van der Waals surface area contributed by atoms with Gasteiger partial charge in [0.2, 0.25) is 0 Å². The van der Waals surface area contributed by atoms with Crippen LogP contribution in [0.5, 0.6) is 0 Å². The summed E-state index contributed by atoms with van der Waals surface area (Å²) < 4.78 is 15.4. The molecule has 0 unspecified atom stereocenters. The van der Waals surface area contributed by atoms with Crippen LogP contribution in [0.15, 0.2) is 11.8 Å². The van der Waals surface area contributed by atoms with E-state index in [0.717, 1.165) is 6.42 Å². The minimum atomic E-state index is -2.42. The smallest absolute Gasteiger partial charge is 0.374 e. The van der Waals surface area contributed by atoms with E-state index in [4.69, 9.17) is 13.3 Å². The van der Waals surface area contributed by atoms with Gasteiger partial charge in [-0.3, -0.25) is 0 Å². The monoisotopic (exact) mass is 176 g/mol. The van der Waals surface area contributed by atoms with Crippen LogP contribution in [-0.2, 0) is 13.3 Å². The zero-order valence-electron chi connectivity index (χ0n) is 7.59. The normalized spacial score (nSPS) is 12.7. The van der Waals surface area contributed by atoms with Crippen molar-refractivity contribution in [3.8, 4) is 0 Å². The molecule has 0 N–H and O–H groups in total. The lowest BCUT2D eigenvalue weighted by atomic mass is 10.5. The highest BCUT2D eigenvalue weighted by Gasteiger charge is 2.33. The van der Waals surface area contributed by atoms with Crippen LogP contribution in [0.2, 0.25) is 0 Å². The van der Waals surface area contributed by atoms with E-state index < -0.39 is 8.80 Å². The average Bonchev–Trinajstić information content (AvgIpc) is 2.08. The van der Waals surface area contributed by atoms with Gasteiger partial charge in [0.15, 0.2) is 0 Å². The molecule has 0 fully saturated rings. The highest BCUT2D eigenvalue weighted by Crippen LogP contribution is 2.07. The first kappa shape index (κ1) is 10.8. The van der Waals surface area contributed by atoms with Crippen molar-refractivity contribution < 1.29 is 13.3 Å². The Kier molecular flexibility index (Phi) is 5.40. The average molecular weight is 176 g/mol. The van der Waals surface area contributed by atoms with Gasteiger partial charge in [0.05, 0.1) is 0 Å². The van der Waals surface area contributed by atoms with E-state index in [1.165, 1.54) is 0 Å². The Balaban J connectivity index is 4.16. The maximum Gasteiger partial charge on any atom is 0.528 e. The Hall–Kier alpha value is -0.163. The summed E-state index contributed by atoms with van der Waals surface area (Å²) in [5.41, 5.74) is 1.88. The molecule has 4 heteroatoms. The van der Waals surface area contributed by atoms with Crippen molar-refractivity contribution in [3.63, 3.8) is 0 Å². The first-order chi connectivity index (χ1) is 5.24. The summed E-state index contributed by atoms with van der Waals surface area (Å²) in [5, 5.41) is 0. The molecule has 3 nitrogen and oxygen atoms in total. The molecule has 66 valence electrons. The van der Waals surface area contributed by atoms with Crippen LogP contribution in [0, 0.1) is 0 Å². The van der Waals surface area contributed by atoms with Crippen LogP contribution in [0.3, 0.4) is 0 Å². The lowest BCUT2D eigenvalue weighted by molar-refractivity contribution is 0.138. The van der Waals surface area contributed by atoms with Crippen molar-refractivity contribution in [2.75, 3.05) is 21.3 Å². The van der Waals surface area contributed by atoms with Crippen molar-refractivity contribution in [2.24, 2.45) is 0 Å². The lowest BCUT2D eigenvalue weighted by Crippen LogP contribution is -2.40. The second kappa shape index (κ2) is 5.48. The Morgan fingerprint density at radius 3 is 1.82 bits per heavy atom. The van der Waals surface area contributed by atoms with Crippen molar-refractivity contribution in [1.82, 2.24) is 0 Å². The van der Waals surface area contributed by atoms with Crippen LogP contribution in [0.1, 0.15) is 13.3 Å². The molecule has 0 aromatic carbocycles. The summed E-state index contributed by atoms with van der Waals surface area (Å²) in [6, 6.07) is 0. The fraction of sp³-hybridized carbons (Fsp3) is 0.714. The van der Waals surface area contributed by atoms with Gasteiger partial charge in [-0.25, -0.2) is 0 Å². The molecule has 0 spiro atoms. The molecule has 0 saturated heterocycles. The minimum absolute atomic E-state index is 0.963. The summed E-state index contributed by atoms with van der Waals surface area (Å²) >= 11 is 0.